The van der Waals surface area contributed by atoms with E-state index in [0.29, 0.717) is 10.9 Å². The van der Waals surface area contributed by atoms with Crippen molar-refractivity contribution in [2.75, 3.05) is 13.2 Å². The molecule has 0 spiro atoms. The van der Waals surface area contributed by atoms with E-state index >= 15 is 0 Å². The van der Waals surface area contributed by atoms with Crippen LogP contribution < -0.4 is 0 Å². The first kappa shape index (κ1) is 13.3. The van der Waals surface area contributed by atoms with Gasteiger partial charge in [0, 0.05) is 22.7 Å². The number of aliphatic hydroxyl groups is 1. The Morgan fingerprint density at radius 1 is 1.41 bits per heavy atom. The number of ether oxygens (including phenoxy) is 1. The molecule has 0 bridgehead atoms. The van der Waals surface area contributed by atoms with Crippen molar-refractivity contribution in [1.29, 1.82) is 0 Å². The molecule has 0 radical (unpaired) electrons. The summed E-state index contributed by atoms with van der Waals surface area (Å²) in [6.45, 7) is 1.63. The minimum Gasteiger partial charge on any atom is -0.388 e. The van der Waals surface area contributed by atoms with Gasteiger partial charge in [-0.15, -0.1) is 0 Å². The standard InChI is InChI=1S/C13H16BrClO2/c14-12-2-1-10(15)8-11(12)13(16)7-9-3-5-17-6-4-9/h1-2,8-9,13,16H,3-7H2. The topological polar surface area (TPSA) is 29.5 Å². The van der Waals surface area contributed by atoms with Gasteiger partial charge in [-0.05, 0) is 48.9 Å². The van der Waals surface area contributed by atoms with E-state index in [1.165, 1.54) is 0 Å². The SMILES string of the molecule is OC(CC1CCOCC1)c1cc(Cl)ccc1Br. The molecule has 0 saturated carbocycles. The van der Waals surface area contributed by atoms with Gasteiger partial charge in [0.2, 0.25) is 0 Å². The number of benzene rings is 1. The van der Waals surface area contributed by atoms with Crippen LogP contribution in [-0.2, 0) is 4.74 Å². The third-order valence-electron chi connectivity index (χ3n) is 3.21. The molecule has 4 heteroatoms. The van der Waals surface area contributed by atoms with Gasteiger partial charge in [-0.3, -0.25) is 0 Å². The van der Waals surface area contributed by atoms with Gasteiger partial charge in [-0.25, -0.2) is 0 Å². The molecule has 0 aromatic heterocycles. The van der Waals surface area contributed by atoms with Crippen LogP contribution in [0.15, 0.2) is 22.7 Å². The highest BCUT2D eigenvalue weighted by Crippen LogP contribution is 2.32. The van der Waals surface area contributed by atoms with Crippen LogP contribution in [0.5, 0.6) is 0 Å². The number of rotatable bonds is 3. The minimum atomic E-state index is -0.453. The minimum absolute atomic E-state index is 0.453. The second-order valence-electron chi connectivity index (χ2n) is 4.47. The molecule has 94 valence electrons. The number of hydrogen-bond acceptors (Lipinski definition) is 2. The summed E-state index contributed by atoms with van der Waals surface area (Å²) in [5.74, 6) is 0.546. The normalized spacial score (nSPS) is 19.2. The van der Waals surface area contributed by atoms with Crippen LogP contribution in [0.3, 0.4) is 0 Å². The monoisotopic (exact) mass is 318 g/mol. The fraction of sp³-hybridized carbons (Fsp3) is 0.538. The average Bonchev–Trinajstić information content (AvgIpc) is 2.33. The maximum atomic E-state index is 10.2. The van der Waals surface area contributed by atoms with Gasteiger partial charge in [0.05, 0.1) is 6.10 Å². The first-order chi connectivity index (χ1) is 8.16. The molecule has 1 aliphatic rings. The molecule has 1 aromatic carbocycles. The van der Waals surface area contributed by atoms with E-state index in [1.54, 1.807) is 0 Å². The molecule has 1 N–H and O–H groups in total. The summed E-state index contributed by atoms with van der Waals surface area (Å²) < 4.78 is 6.24. The number of halogens is 2. The zero-order valence-corrected chi connectivity index (χ0v) is 11.9. The molecule has 1 atom stereocenters. The first-order valence-corrected chi connectivity index (χ1v) is 7.04. The third-order valence-corrected chi connectivity index (χ3v) is 4.17. The summed E-state index contributed by atoms with van der Waals surface area (Å²) in [6.07, 6.45) is 2.40. The van der Waals surface area contributed by atoms with E-state index < -0.39 is 6.10 Å². The molecule has 0 aliphatic carbocycles. The predicted molar refractivity (Wildman–Crippen MR) is 72.3 cm³/mol. The van der Waals surface area contributed by atoms with Gasteiger partial charge < -0.3 is 9.84 Å². The zero-order chi connectivity index (χ0) is 12.3. The summed E-state index contributed by atoms with van der Waals surface area (Å²) in [5.41, 5.74) is 0.879. The number of hydrogen-bond donors (Lipinski definition) is 1. The van der Waals surface area contributed by atoms with Gasteiger partial charge in [-0.1, -0.05) is 27.5 Å². The summed E-state index contributed by atoms with van der Waals surface area (Å²) in [6, 6.07) is 5.52. The maximum Gasteiger partial charge on any atom is 0.0804 e. The molecule has 1 aliphatic heterocycles. The second kappa shape index (κ2) is 6.19. The van der Waals surface area contributed by atoms with Crippen molar-refractivity contribution in [3.63, 3.8) is 0 Å². The van der Waals surface area contributed by atoms with E-state index in [1.807, 2.05) is 18.2 Å². The van der Waals surface area contributed by atoms with Crippen molar-refractivity contribution in [3.05, 3.63) is 33.3 Å². The zero-order valence-electron chi connectivity index (χ0n) is 9.53. The van der Waals surface area contributed by atoms with Crippen molar-refractivity contribution >= 4 is 27.5 Å². The van der Waals surface area contributed by atoms with E-state index in [4.69, 9.17) is 16.3 Å². The van der Waals surface area contributed by atoms with Crippen LogP contribution in [0.4, 0.5) is 0 Å². The molecule has 1 aromatic rings. The smallest absolute Gasteiger partial charge is 0.0804 e. The fourth-order valence-electron chi connectivity index (χ4n) is 2.19. The molecule has 2 nitrogen and oxygen atoms in total. The average molecular weight is 320 g/mol. The highest BCUT2D eigenvalue weighted by atomic mass is 79.9. The van der Waals surface area contributed by atoms with Crippen LogP contribution in [-0.4, -0.2) is 18.3 Å². The quantitative estimate of drug-likeness (QED) is 0.914. The lowest BCUT2D eigenvalue weighted by atomic mass is 9.91. The largest absolute Gasteiger partial charge is 0.388 e. The predicted octanol–water partition coefficient (Wildman–Crippen LogP) is 3.95. The lowest BCUT2D eigenvalue weighted by molar-refractivity contribution is 0.0434. The van der Waals surface area contributed by atoms with Crippen molar-refractivity contribution in [3.8, 4) is 0 Å². The van der Waals surface area contributed by atoms with Crippen molar-refractivity contribution in [2.45, 2.75) is 25.4 Å². The van der Waals surface area contributed by atoms with Crippen LogP contribution in [0, 0.1) is 5.92 Å². The molecule has 0 amide bonds. The first-order valence-electron chi connectivity index (χ1n) is 5.87. The van der Waals surface area contributed by atoms with E-state index in [-0.39, 0.29) is 0 Å². The van der Waals surface area contributed by atoms with Crippen LogP contribution in [0.25, 0.3) is 0 Å². The van der Waals surface area contributed by atoms with E-state index in [0.717, 1.165) is 42.5 Å². The highest BCUT2D eigenvalue weighted by Gasteiger charge is 2.20. The summed E-state index contributed by atoms with van der Waals surface area (Å²) in [4.78, 5) is 0. The van der Waals surface area contributed by atoms with Crippen LogP contribution in [0.2, 0.25) is 5.02 Å². The van der Waals surface area contributed by atoms with Gasteiger partial charge >= 0.3 is 0 Å². The summed E-state index contributed by atoms with van der Waals surface area (Å²) in [7, 11) is 0. The Bertz CT molecular complexity index is 378. The lowest BCUT2D eigenvalue weighted by Gasteiger charge is -2.24. The molecule has 1 fully saturated rings. The molecule has 1 saturated heterocycles. The Morgan fingerprint density at radius 3 is 2.82 bits per heavy atom. The maximum absolute atomic E-state index is 10.2. The Labute approximate surface area is 115 Å². The van der Waals surface area contributed by atoms with Gasteiger partial charge in [0.15, 0.2) is 0 Å². The van der Waals surface area contributed by atoms with Crippen molar-refractivity contribution < 1.29 is 9.84 Å². The summed E-state index contributed by atoms with van der Waals surface area (Å²) >= 11 is 9.40. The second-order valence-corrected chi connectivity index (χ2v) is 5.76. The number of aliphatic hydroxyl groups excluding tert-OH is 1. The van der Waals surface area contributed by atoms with E-state index in [9.17, 15) is 5.11 Å². The van der Waals surface area contributed by atoms with Crippen molar-refractivity contribution in [2.24, 2.45) is 5.92 Å². The fourth-order valence-corrected chi connectivity index (χ4v) is 2.89. The van der Waals surface area contributed by atoms with Gasteiger partial charge in [0.1, 0.15) is 0 Å². The van der Waals surface area contributed by atoms with Gasteiger partial charge in [-0.2, -0.15) is 0 Å². The third kappa shape index (κ3) is 3.68. The summed E-state index contributed by atoms with van der Waals surface area (Å²) in [5, 5.41) is 10.9. The Morgan fingerprint density at radius 2 is 2.12 bits per heavy atom. The molecular weight excluding hydrogens is 303 g/mol. The van der Waals surface area contributed by atoms with Crippen molar-refractivity contribution in [1.82, 2.24) is 0 Å². The van der Waals surface area contributed by atoms with Crippen LogP contribution in [0.1, 0.15) is 30.9 Å². The lowest BCUT2D eigenvalue weighted by Crippen LogP contribution is -2.18. The Hall–Kier alpha value is -0.0900. The van der Waals surface area contributed by atoms with Gasteiger partial charge in [0.25, 0.3) is 0 Å². The molecular formula is C13H16BrClO2. The molecule has 2 rings (SSSR count). The van der Waals surface area contributed by atoms with E-state index in [2.05, 4.69) is 15.9 Å². The molecule has 1 unspecified atom stereocenters. The highest BCUT2D eigenvalue weighted by molar-refractivity contribution is 9.10. The Balaban J connectivity index is 2.02. The Kier molecular flexibility index (Phi) is 4.86. The molecule has 1 heterocycles. The van der Waals surface area contributed by atoms with Crippen LogP contribution >= 0.6 is 27.5 Å². The molecule has 17 heavy (non-hydrogen) atoms.